The fourth-order valence-electron chi connectivity index (χ4n) is 3.49. The minimum absolute atomic E-state index is 0.0624. The summed E-state index contributed by atoms with van der Waals surface area (Å²) < 4.78 is 14.9. The van der Waals surface area contributed by atoms with Crippen LogP contribution >= 0.6 is 0 Å². The second kappa shape index (κ2) is 7.98. The van der Waals surface area contributed by atoms with Crippen molar-refractivity contribution in [2.75, 3.05) is 29.9 Å². The van der Waals surface area contributed by atoms with Crippen molar-refractivity contribution in [2.24, 2.45) is 0 Å². The smallest absolute Gasteiger partial charge is 0.246 e. The predicted octanol–water partition coefficient (Wildman–Crippen LogP) is 2.45. The zero-order chi connectivity index (χ0) is 20.4. The molecule has 4 rings (SSSR count). The van der Waals surface area contributed by atoms with Gasteiger partial charge in [0, 0.05) is 26.2 Å². The Morgan fingerprint density at radius 1 is 1.10 bits per heavy atom. The van der Waals surface area contributed by atoms with Gasteiger partial charge in [0.1, 0.15) is 17.3 Å². The highest BCUT2D eigenvalue weighted by Crippen LogP contribution is 2.30. The number of rotatable bonds is 6. The van der Waals surface area contributed by atoms with Crippen LogP contribution in [0.3, 0.4) is 0 Å². The molecule has 3 heterocycles. The van der Waals surface area contributed by atoms with Gasteiger partial charge < -0.3 is 9.80 Å². The Balaban J connectivity index is 1.42. The average molecular weight is 394 g/mol. The molecule has 29 heavy (non-hydrogen) atoms. The largest absolute Gasteiger partial charge is 0.349 e. The van der Waals surface area contributed by atoms with E-state index in [-0.39, 0.29) is 11.7 Å². The first-order chi connectivity index (χ1) is 14.0. The lowest BCUT2D eigenvalue weighted by Crippen LogP contribution is -2.44. The summed E-state index contributed by atoms with van der Waals surface area (Å²) in [5, 5.41) is 4.39. The molecule has 150 valence electrons. The van der Waals surface area contributed by atoms with Crippen LogP contribution in [0.4, 0.5) is 15.9 Å². The van der Waals surface area contributed by atoms with Gasteiger partial charge in [-0.3, -0.25) is 9.48 Å². The van der Waals surface area contributed by atoms with E-state index in [1.807, 2.05) is 35.9 Å². The van der Waals surface area contributed by atoms with Crippen molar-refractivity contribution in [3.8, 4) is 0 Å². The number of carbonyl (C=O) groups excluding carboxylic acids is 1. The Bertz CT molecular complexity index is 1020. The fraction of sp³-hybridized carbons (Fsp3) is 0.333. The van der Waals surface area contributed by atoms with E-state index in [1.54, 1.807) is 23.2 Å². The Morgan fingerprint density at radius 3 is 2.66 bits per heavy atom. The Labute approximate surface area is 168 Å². The quantitative estimate of drug-likeness (QED) is 0.643. The summed E-state index contributed by atoms with van der Waals surface area (Å²) in [5.41, 5.74) is 2.85. The van der Waals surface area contributed by atoms with Gasteiger partial charge in [-0.05, 0) is 36.6 Å². The number of amides is 1. The Kier molecular flexibility index (Phi) is 5.24. The van der Waals surface area contributed by atoms with Crippen LogP contribution in [-0.4, -0.2) is 45.8 Å². The number of likely N-dealkylation sites (N-methyl/N-ethyl adjacent to an activating group) is 2. The van der Waals surface area contributed by atoms with Crippen molar-refractivity contribution in [1.29, 1.82) is 0 Å². The fourth-order valence-corrected chi connectivity index (χ4v) is 3.49. The third kappa shape index (κ3) is 4.11. The summed E-state index contributed by atoms with van der Waals surface area (Å²) in [7, 11) is 1.87. The number of aromatic nitrogens is 4. The number of carbonyl (C=O) groups is 1. The normalized spacial score (nSPS) is 13.7. The minimum Gasteiger partial charge on any atom is -0.349 e. The van der Waals surface area contributed by atoms with Crippen molar-refractivity contribution in [2.45, 2.75) is 26.3 Å². The first-order valence-corrected chi connectivity index (χ1v) is 9.66. The van der Waals surface area contributed by atoms with Crippen LogP contribution in [0, 0.1) is 5.82 Å². The van der Waals surface area contributed by atoms with Crippen LogP contribution in [0.25, 0.3) is 0 Å². The molecule has 0 fully saturated rings. The molecule has 1 amide bonds. The highest BCUT2D eigenvalue weighted by Gasteiger charge is 2.28. The van der Waals surface area contributed by atoms with E-state index in [1.165, 1.54) is 12.1 Å². The van der Waals surface area contributed by atoms with Crippen LogP contribution in [0.15, 0.2) is 42.9 Å². The molecule has 1 aliphatic heterocycles. The SMILES string of the molecule is CCN1C(=O)CN(C)c2nc(CCc3cnn(Cc4ccc(F)cc4)c3)ncc21. The van der Waals surface area contributed by atoms with Crippen LogP contribution < -0.4 is 9.80 Å². The number of fused-ring (bicyclic) bond motifs is 1. The zero-order valence-electron chi connectivity index (χ0n) is 16.5. The van der Waals surface area contributed by atoms with Crippen LogP contribution in [-0.2, 0) is 24.2 Å². The molecule has 0 aliphatic carbocycles. The number of hydrogen-bond donors (Lipinski definition) is 0. The lowest BCUT2D eigenvalue weighted by molar-refractivity contribution is -0.117. The average Bonchev–Trinajstić information content (AvgIpc) is 3.16. The lowest BCUT2D eigenvalue weighted by Gasteiger charge is -2.33. The van der Waals surface area contributed by atoms with Crippen molar-refractivity contribution in [1.82, 2.24) is 19.7 Å². The maximum absolute atomic E-state index is 13.0. The van der Waals surface area contributed by atoms with E-state index in [4.69, 9.17) is 0 Å². The van der Waals surface area contributed by atoms with E-state index in [0.29, 0.717) is 26.1 Å². The van der Waals surface area contributed by atoms with Gasteiger partial charge >= 0.3 is 0 Å². The molecule has 0 saturated carbocycles. The predicted molar refractivity (Wildman–Crippen MR) is 108 cm³/mol. The van der Waals surface area contributed by atoms with E-state index >= 15 is 0 Å². The summed E-state index contributed by atoms with van der Waals surface area (Å²) in [4.78, 5) is 24.9. The molecule has 1 aliphatic rings. The summed E-state index contributed by atoms with van der Waals surface area (Å²) >= 11 is 0. The van der Waals surface area contributed by atoms with E-state index in [2.05, 4.69) is 15.1 Å². The topological polar surface area (TPSA) is 67.2 Å². The maximum atomic E-state index is 13.0. The van der Waals surface area contributed by atoms with Crippen molar-refractivity contribution in [3.05, 3.63) is 65.6 Å². The Morgan fingerprint density at radius 2 is 1.90 bits per heavy atom. The van der Waals surface area contributed by atoms with Gasteiger partial charge in [0.05, 0.1) is 25.5 Å². The molecule has 0 bridgehead atoms. The van der Waals surface area contributed by atoms with E-state index < -0.39 is 0 Å². The molecular weight excluding hydrogens is 371 g/mol. The van der Waals surface area contributed by atoms with Crippen LogP contribution in [0.2, 0.25) is 0 Å². The second-order valence-corrected chi connectivity index (χ2v) is 7.16. The number of halogens is 1. The summed E-state index contributed by atoms with van der Waals surface area (Å²) in [6.45, 7) is 3.48. The minimum atomic E-state index is -0.239. The molecule has 0 unspecified atom stereocenters. The van der Waals surface area contributed by atoms with Crippen LogP contribution in [0.1, 0.15) is 23.9 Å². The van der Waals surface area contributed by atoms with E-state index in [0.717, 1.165) is 34.9 Å². The zero-order valence-corrected chi connectivity index (χ0v) is 16.5. The molecule has 0 saturated heterocycles. The molecular formula is C21H23FN6O. The van der Waals surface area contributed by atoms with E-state index in [9.17, 15) is 9.18 Å². The van der Waals surface area contributed by atoms with Gasteiger partial charge in [-0.25, -0.2) is 14.4 Å². The number of benzene rings is 1. The second-order valence-electron chi connectivity index (χ2n) is 7.16. The number of anilines is 2. The molecule has 0 N–H and O–H groups in total. The van der Waals surface area contributed by atoms with Gasteiger partial charge in [0.15, 0.2) is 5.82 Å². The molecule has 7 nitrogen and oxygen atoms in total. The molecule has 8 heteroatoms. The van der Waals surface area contributed by atoms with Gasteiger partial charge in [0.2, 0.25) is 5.91 Å². The van der Waals surface area contributed by atoms with Crippen LogP contribution in [0.5, 0.6) is 0 Å². The van der Waals surface area contributed by atoms with Gasteiger partial charge in [-0.2, -0.15) is 5.10 Å². The van der Waals surface area contributed by atoms with Crippen molar-refractivity contribution in [3.63, 3.8) is 0 Å². The monoisotopic (exact) mass is 394 g/mol. The van der Waals surface area contributed by atoms with Crippen molar-refractivity contribution >= 4 is 17.4 Å². The summed E-state index contributed by atoms with van der Waals surface area (Å²) in [5.74, 6) is 1.36. The molecule has 0 atom stereocenters. The third-order valence-electron chi connectivity index (χ3n) is 5.02. The highest BCUT2D eigenvalue weighted by molar-refractivity contribution is 6.01. The molecule has 2 aromatic heterocycles. The molecule has 0 radical (unpaired) electrons. The van der Waals surface area contributed by atoms with Gasteiger partial charge in [-0.15, -0.1) is 0 Å². The number of aryl methyl sites for hydroxylation is 2. The highest BCUT2D eigenvalue weighted by atomic mass is 19.1. The first-order valence-electron chi connectivity index (χ1n) is 9.66. The summed E-state index contributed by atoms with van der Waals surface area (Å²) in [6.07, 6.45) is 7.02. The third-order valence-corrected chi connectivity index (χ3v) is 5.02. The van der Waals surface area contributed by atoms with Gasteiger partial charge in [-0.1, -0.05) is 12.1 Å². The number of hydrogen-bond acceptors (Lipinski definition) is 5. The lowest BCUT2D eigenvalue weighted by atomic mass is 10.2. The van der Waals surface area contributed by atoms with Crippen molar-refractivity contribution < 1.29 is 9.18 Å². The standard InChI is InChI=1S/C21H23FN6O/c1-3-28-18-11-23-19(25-21(18)26(2)14-20(28)29)9-6-16-10-24-27(13-16)12-15-4-7-17(22)8-5-15/h4-5,7-8,10-11,13H,3,6,9,12,14H2,1-2H3. The maximum Gasteiger partial charge on any atom is 0.246 e. The number of nitrogens with zero attached hydrogens (tertiary/aromatic N) is 6. The molecule has 1 aromatic carbocycles. The van der Waals surface area contributed by atoms with Gasteiger partial charge in [0.25, 0.3) is 0 Å². The Hall–Kier alpha value is -3.29. The molecule has 0 spiro atoms. The first kappa shape index (κ1) is 19.0. The molecule has 3 aromatic rings. The summed E-state index contributed by atoms with van der Waals surface area (Å²) in [6, 6.07) is 6.44.